The molecular weight excluding hydrogens is 495 g/mol. The number of rotatable bonds is 8. The number of aliphatic imine (C=N–C) groups is 1. The first-order valence-corrected chi connectivity index (χ1v) is 9.74. The molecule has 0 aliphatic rings. The minimum atomic E-state index is -3.67. The summed E-state index contributed by atoms with van der Waals surface area (Å²) in [6.45, 7) is 0.970. The molecule has 0 aromatic heterocycles. The molecule has 0 atom stereocenters. The number of nitrogens with zero attached hydrogens (tertiary/aromatic N) is 1. The van der Waals surface area contributed by atoms with Gasteiger partial charge in [-0.25, -0.2) is 18.5 Å². The van der Waals surface area contributed by atoms with Crippen LogP contribution in [0.4, 0.5) is 0 Å². The first-order valence-electron chi connectivity index (χ1n) is 8.20. The minimum absolute atomic E-state index is 0. The Morgan fingerprint density at radius 2 is 1.64 bits per heavy atom. The summed E-state index contributed by atoms with van der Waals surface area (Å²) >= 11 is 0. The van der Waals surface area contributed by atoms with E-state index in [1.807, 2.05) is 18.2 Å². The number of hydrogen-bond donors (Lipinski definition) is 3. The average molecular weight is 520 g/mol. The van der Waals surface area contributed by atoms with Crippen molar-refractivity contribution in [3.63, 3.8) is 0 Å². The molecule has 2 aromatic rings. The molecule has 0 saturated carbocycles. The van der Waals surface area contributed by atoms with Gasteiger partial charge in [0.15, 0.2) is 17.5 Å². The molecule has 0 amide bonds. The number of sulfonamides is 1. The van der Waals surface area contributed by atoms with Gasteiger partial charge in [0.05, 0.1) is 25.7 Å². The van der Waals surface area contributed by atoms with E-state index in [-0.39, 0.29) is 28.9 Å². The molecule has 0 bridgehead atoms. The van der Waals surface area contributed by atoms with E-state index in [0.29, 0.717) is 37.0 Å². The maximum Gasteiger partial charge on any atom is 0.238 e. The lowest BCUT2D eigenvalue weighted by Gasteiger charge is -2.09. The zero-order chi connectivity index (χ0) is 19.9. The van der Waals surface area contributed by atoms with Gasteiger partial charge in [-0.2, -0.15) is 0 Å². The number of benzene rings is 2. The molecule has 0 saturated heterocycles. The maximum absolute atomic E-state index is 11.2. The smallest absolute Gasteiger partial charge is 0.238 e. The molecule has 8 nitrogen and oxygen atoms in total. The standard InChI is InChI=1S/C18H24N4O4S.HI/c1-25-16-8-5-14(11-17(16)26-2)12-22-18(19)21-10-9-13-3-6-15(7-4-13)27(20,23)24;/h3-8,11H,9-10,12H2,1-2H3,(H3,19,21,22)(H2,20,23,24);1H. The number of nitrogens with one attached hydrogen (secondary N) is 1. The molecule has 0 radical (unpaired) electrons. The number of ether oxygens (including phenoxy) is 2. The Morgan fingerprint density at radius 1 is 1.04 bits per heavy atom. The molecular formula is C18H25IN4O4S. The summed E-state index contributed by atoms with van der Waals surface area (Å²) in [5, 5.41) is 8.10. The maximum atomic E-state index is 11.2. The van der Waals surface area contributed by atoms with E-state index in [1.165, 1.54) is 12.1 Å². The predicted molar refractivity (Wildman–Crippen MR) is 120 cm³/mol. The fraction of sp³-hybridized carbons (Fsp3) is 0.278. The van der Waals surface area contributed by atoms with Gasteiger partial charge in [0, 0.05) is 6.54 Å². The second-order valence-corrected chi connectivity index (χ2v) is 7.32. The lowest BCUT2D eigenvalue weighted by molar-refractivity contribution is 0.354. The number of primary sulfonamides is 1. The van der Waals surface area contributed by atoms with Crippen molar-refractivity contribution in [2.24, 2.45) is 15.9 Å². The third-order valence-corrected chi connectivity index (χ3v) is 4.78. The molecule has 2 aromatic carbocycles. The van der Waals surface area contributed by atoms with E-state index in [0.717, 1.165) is 11.1 Å². The Morgan fingerprint density at radius 3 is 2.21 bits per heavy atom. The Hall–Kier alpha value is -2.05. The predicted octanol–water partition coefficient (Wildman–Crippen LogP) is 1.62. The largest absolute Gasteiger partial charge is 0.493 e. The average Bonchev–Trinajstić information content (AvgIpc) is 2.65. The van der Waals surface area contributed by atoms with Crippen LogP contribution in [-0.4, -0.2) is 35.1 Å². The summed E-state index contributed by atoms with van der Waals surface area (Å²) < 4.78 is 32.9. The zero-order valence-electron chi connectivity index (χ0n) is 15.7. The molecule has 5 N–H and O–H groups in total. The molecule has 0 aliphatic carbocycles. The third kappa shape index (κ3) is 7.17. The Balaban J connectivity index is 0.00000392. The zero-order valence-corrected chi connectivity index (χ0v) is 18.9. The summed E-state index contributed by atoms with van der Waals surface area (Å²) in [5.74, 6) is 1.62. The molecule has 0 fully saturated rings. The van der Waals surface area contributed by atoms with Gasteiger partial charge in [-0.15, -0.1) is 24.0 Å². The molecule has 154 valence electrons. The number of methoxy groups -OCH3 is 2. The highest BCUT2D eigenvalue weighted by Gasteiger charge is 2.07. The molecule has 10 heteroatoms. The van der Waals surface area contributed by atoms with Crippen LogP contribution in [-0.2, 0) is 23.0 Å². The molecule has 0 aliphatic heterocycles. The highest BCUT2D eigenvalue weighted by Crippen LogP contribution is 2.27. The van der Waals surface area contributed by atoms with Crippen molar-refractivity contribution in [3.05, 3.63) is 53.6 Å². The van der Waals surface area contributed by atoms with Gasteiger partial charge in [0.2, 0.25) is 10.0 Å². The van der Waals surface area contributed by atoms with E-state index in [1.54, 1.807) is 26.4 Å². The molecule has 0 heterocycles. The van der Waals surface area contributed by atoms with Gasteiger partial charge in [0.25, 0.3) is 0 Å². The highest BCUT2D eigenvalue weighted by atomic mass is 127. The first kappa shape index (κ1) is 24.0. The number of nitrogens with two attached hydrogens (primary N) is 2. The lowest BCUT2D eigenvalue weighted by Crippen LogP contribution is -2.33. The van der Waals surface area contributed by atoms with Gasteiger partial charge < -0.3 is 20.5 Å². The second kappa shape index (κ2) is 11.1. The van der Waals surface area contributed by atoms with Crippen LogP contribution in [0, 0.1) is 0 Å². The summed E-state index contributed by atoms with van der Waals surface area (Å²) in [4.78, 5) is 4.39. The van der Waals surface area contributed by atoms with Crippen molar-refractivity contribution in [2.45, 2.75) is 17.9 Å². The molecule has 2 rings (SSSR count). The SMILES string of the molecule is COc1ccc(CN=C(N)NCCc2ccc(S(N)(=O)=O)cc2)cc1OC.I. The Labute approximate surface area is 182 Å². The summed E-state index contributed by atoms with van der Waals surface area (Å²) in [5.41, 5.74) is 7.78. The Kier molecular flexibility index (Phi) is 9.49. The van der Waals surface area contributed by atoms with Crippen molar-refractivity contribution in [3.8, 4) is 11.5 Å². The van der Waals surface area contributed by atoms with Crippen LogP contribution < -0.4 is 25.7 Å². The normalized spacial score (nSPS) is 11.5. The van der Waals surface area contributed by atoms with Crippen molar-refractivity contribution >= 4 is 40.0 Å². The van der Waals surface area contributed by atoms with Gasteiger partial charge in [-0.05, 0) is 41.8 Å². The topological polar surface area (TPSA) is 129 Å². The van der Waals surface area contributed by atoms with Gasteiger partial charge >= 0.3 is 0 Å². The van der Waals surface area contributed by atoms with Crippen LogP contribution in [0.2, 0.25) is 0 Å². The fourth-order valence-electron chi connectivity index (χ4n) is 2.39. The number of hydrogen-bond acceptors (Lipinski definition) is 5. The van der Waals surface area contributed by atoms with Crippen LogP contribution in [0.25, 0.3) is 0 Å². The van der Waals surface area contributed by atoms with Crippen molar-refractivity contribution in [2.75, 3.05) is 20.8 Å². The van der Waals surface area contributed by atoms with E-state index in [4.69, 9.17) is 20.3 Å². The van der Waals surface area contributed by atoms with Crippen LogP contribution in [0.1, 0.15) is 11.1 Å². The van der Waals surface area contributed by atoms with Crippen molar-refractivity contribution in [1.82, 2.24) is 5.32 Å². The second-order valence-electron chi connectivity index (χ2n) is 5.76. The van der Waals surface area contributed by atoms with Crippen LogP contribution in [0.15, 0.2) is 52.4 Å². The molecule has 0 unspecified atom stereocenters. The van der Waals surface area contributed by atoms with Crippen LogP contribution in [0.3, 0.4) is 0 Å². The van der Waals surface area contributed by atoms with Crippen LogP contribution in [0.5, 0.6) is 11.5 Å². The number of guanidine groups is 1. The van der Waals surface area contributed by atoms with Crippen LogP contribution >= 0.6 is 24.0 Å². The molecule has 28 heavy (non-hydrogen) atoms. The first-order chi connectivity index (χ1) is 12.8. The van der Waals surface area contributed by atoms with E-state index < -0.39 is 10.0 Å². The monoisotopic (exact) mass is 520 g/mol. The summed E-state index contributed by atoms with van der Waals surface area (Å²) in [6.07, 6.45) is 0.664. The fourth-order valence-corrected chi connectivity index (χ4v) is 2.91. The number of halogens is 1. The third-order valence-electron chi connectivity index (χ3n) is 3.85. The van der Waals surface area contributed by atoms with E-state index in [2.05, 4.69) is 10.3 Å². The lowest BCUT2D eigenvalue weighted by atomic mass is 10.1. The van der Waals surface area contributed by atoms with E-state index >= 15 is 0 Å². The van der Waals surface area contributed by atoms with Gasteiger partial charge in [-0.1, -0.05) is 18.2 Å². The van der Waals surface area contributed by atoms with Gasteiger partial charge in [-0.3, -0.25) is 0 Å². The minimum Gasteiger partial charge on any atom is -0.493 e. The van der Waals surface area contributed by atoms with Crippen molar-refractivity contribution < 1.29 is 17.9 Å². The Bertz CT molecular complexity index is 902. The highest BCUT2D eigenvalue weighted by molar-refractivity contribution is 14.0. The summed E-state index contributed by atoms with van der Waals surface area (Å²) in [6, 6.07) is 12.0. The summed E-state index contributed by atoms with van der Waals surface area (Å²) in [7, 11) is -0.505. The quantitative estimate of drug-likeness (QED) is 0.276. The van der Waals surface area contributed by atoms with Gasteiger partial charge in [0.1, 0.15) is 0 Å². The van der Waals surface area contributed by atoms with Crippen molar-refractivity contribution in [1.29, 1.82) is 0 Å². The van der Waals surface area contributed by atoms with E-state index in [9.17, 15) is 8.42 Å². The molecule has 0 spiro atoms.